The Hall–Kier alpha value is -1.54. The maximum atomic E-state index is 13.7. The summed E-state index contributed by atoms with van der Waals surface area (Å²) >= 11 is 0. The molecule has 0 fully saturated rings. The molecular formula is C12H17FN2O4S. The van der Waals surface area contributed by atoms with E-state index in [2.05, 4.69) is 4.72 Å². The minimum atomic E-state index is -4.00. The predicted molar refractivity (Wildman–Crippen MR) is 72.3 cm³/mol. The molecule has 1 rings (SSSR count). The van der Waals surface area contributed by atoms with Gasteiger partial charge >= 0.3 is 0 Å². The van der Waals surface area contributed by atoms with E-state index >= 15 is 0 Å². The summed E-state index contributed by atoms with van der Waals surface area (Å²) < 4.78 is 39.9. The van der Waals surface area contributed by atoms with E-state index in [1.165, 1.54) is 0 Å². The van der Waals surface area contributed by atoms with Crippen molar-refractivity contribution in [2.75, 3.05) is 6.54 Å². The molecule has 112 valence electrons. The Morgan fingerprint density at radius 1 is 1.35 bits per heavy atom. The standard InChI is InChI=1S/C12H17FN2O4S/c1-3-9(4-2)8-14-20(18,19)12-6-5-10(15(16)17)7-11(12)13/h5-7,9,14H,3-4,8H2,1-2H3. The summed E-state index contributed by atoms with van der Waals surface area (Å²) in [5, 5.41) is 10.5. The molecule has 0 amide bonds. The number of rotatable bonds is 7. The van der Waals surface area contributed by atoms with Gasteiger partial charge < -0.3 is 0 Å². The van der Waals surface area contributed by atoms with Gasteiger partial charge in [-0.25, -0.2) is 17.5 Å². The highest BCUT2D eigenvalue weighted by Gasteiger charge is 2.22. The monoisotopic (exact) mass is 304 g/mol. The number of nitro groups is 1. The van der Waals surface area contributed by atoms with Crippen molar-refractivity contribution in [1.29, 1.82) is 0 Å². The van der Waals surface area contributed by atoms with Crippen LogP contribution in [0.5, 0.6) is 0 Å². The van der Waals surface area contributed by atoms with Gasteiger partial charge in [0, 0.05) is 12.6 Å². The Labute approximate surface area is 117 Å². The van der Waals surface area contributed by atoms with Gasteiger partial charge in [0.1, 0.15) is 10.7 Å². The van der Waals surface area contributed by atoms with Gasteiger partial charge in [-0.05, 0) is 12.0 Å². The number of nitrogens with one attached hydrogen (secondary N) is 1. The van der Waals surface area contributed by atoms with Crippen molar-refractivity contribution in [2.24, 2.45) is 5.92 Å². The second-order valence-electron chi connectivity index (χ2n) is 4.41. The highest BCUT2D eigenvalue weighted by atomic mass is 32.2. The zero-order valence-corrected chi connectivity index (χ0v) is 12.1. The SMILES string of the molecule is CCC(CC)CNS(=O)(=O)c1ccc([N+](=O)[O-])cc1F. The van der Waals surface area contributed by atoms with Crippen LogP contribution in [0.3, 0.4) is 0 Å². The van der Waals surface area contributed by atoms with E-state index < -0.39 is 31.3 Å². The number of nitrogens with zero attached hydrogens (tertiary/aromatic N) is 1. The minimum Gasteiger partial charge on any atom is -0.258 e. The van der Waals surface area contributed by atoms with Crippen LogP contribution in [0.1, 0.15) is 26.7 Å². The molecule has 0 atom stereocenters. The summed E-state index contributed by atoms with van der Waals surface area (Å²) in [6.45, 7) is 4.09. The Kier molecular flexibility index (Phi) is 5.58. The first-order chi connectivity index (χ1) is 9.31. The van der Waals surface area contributed by atoms with E-state index in [0.717, 1.165) is 25.0 Å². The first kappa shape index (κ1) is 16.5. The van der Waals surface area contributed by atoms with Gasteiger partial charge in [0.15, 0.2) is 0 Å². The maximum absolute atomic E-state index is 13.7. The van der Waals surface area contributed by atoms with Crippen LogP contribution in [0.15, 0.2) is 23.1 Å². The van der Waals surface area contributed by atoms with E-state index in [1.807, 2.05) is 13.8 Å². The number of hydrogen-bond acceptors (Lipinski definition) is 4. The number of halogens is 1. The molecule has 0 saturated heterocycles. The van der Waals surface area contributed by atoms with E-state index in [9.17, 15) is 22.9 Å². The fourth-order valence-corrected chi connectivity index (χ4v) is 2.88. The third kappa shape index (κ3) is 3.97. The molecule has 1 aromatic carbocycles. The number of non-ortho nitro benzene ring substituents is 1. The molecule has 8 heteroatoms. The van der Waals surface area contributed by atoms with Crippen molar-refractivity contribution >= 4 is 15.7 Å². The summed E-state index contributed by atoms with van der Waals surface area (Å²) in [5.41, 5.74) is -0.485. The van der Waals surface area contributed by atoms with Gasteiger partial charge in [-0.3, -0.25) is 10.1 Å². The van der Waals surface area contributed by atoms with Gasteiger partial charge in [0.25, 0.3) is 5.69 Å². The Bertz CT molecular complexity index is 585. The van der Waals surface area contributed by atoms with Crippen molar-refractivity contribution < 1.29 is 17.7 Å². The number of hydrogen-bond donors (Lipinski definition) is 1. The van der Waals surface area contributed by atoms with Crippen molar-refractivity contribution in [2.45, 2.75) is 31.6 Å². The van der Waals surface area contributed by atoms with Crippen LogP contribution in [0.2, 0.25) is 0 Å². The zero-order chi connectivity index (χ0) is 15.3. The predicted octanol–water partition coefficient (Wildman–Crippen LogP) is 2.45. The molecule has 1 aromatic rings. The van der Waals surface area contributed by atoms with Gasteiger partial charge in [-0.2, -0.15) is 0 Å². The van der Waals surface area contributed by atoms with Crippen LogP contribution in [0, 0.1) is 21.8 Å². The van der Waals surface area contributed by atoms with E-state index in [0.29, 0.717) is 6.07 Å². The van der Waals surface area contributed by atoms with Crippen LogP contribution in [0.25, 0.3) is 0 Å². The lowest BCUT2D eigenvalue weighted by Crippen LogP contribution is -2.29. The summed E-state index contributed by atoms with van der Waals surface area (Å²) in [6.07, 6.45) is 1.61. The van der Waals surface area contributed by atoms with E-state index in [1.54, 1.807) is 0 Å². The second-order valence-corrected chi connectivity index (χ2v) is 6.14. The van der Waals surface area contributed by atoms with Crippen molar-refractivity contribution in [3.63, 3.8) is 0 Å². The molecule has 0 radical (unpaired) electrons. The highest BCUT2D eigenvalue weighted by Crippen LogP contribution is 2.20. The third-order valence-corrected chi connectivity index (χ3v) is 4.59. The summed E-state index contributed by atoms with van der Waals surface area (Å²) in [4.78, 5) is 9.13. The first-order valence-corrected chi connectivity index (χ1v) is 7.73. The van der Waals surface area contributed by atoms with E-state index in [-0.39, 0.29) is 12.5 Å². The molecule has 0 unspecified atom stereocenters. The summed E-state index contributed by atoms with van der Waals surface area (Å²) in [5.74, 6) is -0.956. The van der Waals surface area contributed by atoms with Crippen LogP contribution in [-0.2, 0) is 10.0 Å². The fourth-order valence-electron chi connectivity index (χ4n) is 1.70. The Balaban J connectivity index is 2.95. The zero-order valence-electron chi connectivity index (χ0n) is 11.3. The lowest BCUT2D eigenvalue weighted by atomic mass is 10.0. The Morgan fingerprint density at radius 2 is 1.95 bits per heavy atom. The van der Waals surface area contributed by atoms with Crippen LogP contribution in [0.4, 0.5) is 10.1 Å². The van der Waals surface area contributed by atoms with Gasteiger partial charge in [-0.15, -0.1) is 0 Å². The molecule has 0 aliphatic carbocycles. The topological polar surface area (TPSA) is 89.3 Å². The highest BCUT2D eigenvalue weighted by molar-refractivity contribution is 7.89. The quantitative estimate of drug-likeness (QED) is 0.619. The van der Waals surface area contributed by atoms with Crippen molar-refractivity contribution in [3.8, 4) is 0 Å². The van der Waals surface area contributed by atoms with Gasteiger partial charge in [0.2, 0.25) is 10.0 Å². The number of sulfonamides is 1. The smallest absolute Gasteiger partial charge is 0.258 e. The van der Waals surface area contributed by atoms with Crippen molar-refractivity contribution in [1.82, 2.24) is 4.72 Å². The van der Waals surface area contributed by atoms with E-state index in [4.69, 9.17) is 0 Å². The molecule has 6 nitrogen and oxygen atoms in total. The first-order valence-electron chi connectivity index (χ1n) is 6.25. The summed E-state index contributed by atoms with van der Waals surface area (Å²) in [7, 11) is -4.00. The van der Waals surface area contributed by atoms with Gasteiger partial charge in [0.05, 0.1) is 11.0 Å². The summed E-state index contributed by atoms with van der Waals surface area (Å²) in [6, 6.07) is 2.48. The molecule has 1 N–H and O–H groups in total. The molecule has 0 saturated carbocycles. The fraction of sp³-hybridized carbons (Fsp3) is 0.500. The average Bonchev–Trinajstić information content (AvgIpc) is 2.39. The number of nitro benzene ring substituents is 1. The minimum absolute atomic E-state index is 0.172. The molecule has 0 aromatic heterocycles. The van der Waals surface area contributed by atoms with Crippen LogP contribution >= 0.6 is 0 Å². The van der Waals surface area contributed by atoms with Crippen LogP contribution in [-0.4, -0.2) is 19.9 Å². The lowest BCUT2D eigenvalue weighted by molar-refractivity contribution is -0.385. The molecular weight excluding hydrogens is 287 g/mol. The van der Waals surface area contributed by atoms with Gasteiger partial charge in [-0.1, -0.05) is 26.7 Å². The third-order valence-electron chi connectivity index (χ3n) is 3.13. The molecule has 0 aliphatic rings. The maximum Gasteiger partial charge on any atom is 0.272 e. The Morgan fingerprint density at radius 3 is 2.40 bits per heavy atom. The van der Waals surface area contributed by atoms with Crippen molar-refractivity contribution in [3.05, 3.63) is 34.1 Å². The molecule has 0 spiro atoms. The lowest BCUT2D eigenvalue weighted by Gasteiger charge is -2.13. The number of benzene rings is 1. The average molecular weight is 304 g/mol. The van der Waals surface area contributed by atoms with Crippen LogP contribution < -0.4 is 4.72 Å². The molecule has 0 heterocycles. The molecule has 20 heavy (non-hydrogen) atoms. The second kappa shape index (κ2) is 6.76. The molecule has 0 aliphatic heterocycles. The molecule has 0 bridgehead atoms. The largest absolute Gasteiger partial charge is 0.272 e. The normalized spacial score (nSPS) is 11.8.